The Balaban J connectivity index is 3.04. The van der Waals surface area contributed by atoms with Gasteiger partial charge in [0.15, 0.2) is 0 Å². The van der Waals surface area contributed by atoms with Crippen LogP contribution in [0.4, 0.5) is 0 Å². The molecule has 3 heteroatoms. The molecular formula is C18H32N2O. The minimum atomic E-state index is 0.0708. The molecule has 0 saturated heterocycles. The van der Waals surface area contributed by atoms with Gasteiger partial charge in [-0.2, -0.15) is 0 Å². The molecule has 1 aromatic carbocycles. The predicted octanol–water partition coefficient (Wildman–Crippen LogP) is 3.41. The summed E-state index contributed by atoms with van der Waals surface area (Å²) < 4.78 is 5.78. The van der Waals surface area contributed by atoms with Crippen molar-refractivity contribution < 1.29 is 4.74 Å². The van der Waals surface area contributed by atoms with Gasteiger partial charge in [0, 0.05) is 0 Å². The summed E-state index contributed by atoms with van der Waals surface area (Å²) in [6.45, 7) is 13.0. The molecule has 1 aromatic rings. The van der Waals surface area contributed by atoms with Gasteiger partial charge in [0.25, 0.3) is 0 Å². The molecule has 1 atom stereocenters. The van der Waals surface area contributed by atoms with Gasteiger partial charge in [-0.15, -0.1) is 0 Å². The SMILES string of the molecule is CCOc1ccc(C(C)CC(CN)CN)cc1C(C)(C)C. The molecule has 0 heterocycles. The van der Waals surface area contributed by atoms with Crippen LogP contribution in [0.15, 0.2) is 18.2 Å². The van der Waals surface area contributed by atoms with Gasteiger partial charge >= 0.3 is 0 Å². The molecule has 21 heavy (non-hydrogen) atoms. The average molecular weight is 292 g/mol. The van der Waals surface area contributed by atoms with E-state index in [1.165, 1.54) is 11.1 Å². The lowest BCUT2D eigenvalue weighted by atomic mass is 9.82. The largest absolute Gasteiger partial charge is 0.494 e. The molecule has 0 amide bonds. The third-order valence-electron chi connectivity index (χ3n) is 4.03. The van der Waals surface area contributed by atoms with Crippen molar-refractivity contribution in [1.82, 2.24) is 0 Å². The maximum Gasteiger partial charge on any atom is 0.123 e. The third kappa shape index (κ3) is 5.01. The minimum absolute atomic E-state index is 0.0708. The van der Waals surface area contributed by atoms with Crippen molar-refractivity contribution >= 4 is 0 Å². The van der Waals surface area contributed by atoms with Crippen molar-refractivity contribution in [2.45, 2.75) is 52.4 Å². The van der Waals surface area contributed by atoms with Crippen LogP contribution in [0.25, 0.3) is 0 Å². The molecule has 0 aliphatic carbocycles. The lowest BCUT2D eigenvalue weighted by Crippen LogP contribution is -2.24. The first kappa shape index (κ1) is 18.0. The van der Waals surface area contributed by atoms with Gasteiger partial charge in [-0.05, 0) is 60.9 Å². The molecule has 0 aliphatic rings. The van der Waals surface area contributed by atoms with Crippen LogP contribution in [-0.2, 0) is 5.41 Å². The van der Waals surface area contributed by atoms with E-state index in [9.17, 15) is 0 Å². The molecule has 4 N–H and O–H groups in total. The van der Waals surface area contributed by atoms with E-state index in [-0.39, 0.29) is 5.41 Å². The van der Waals surface area contributed by atoms with Crippen LogP contribution in [0, 0.1) is 5.92 Å². The Kier molecular flexibility index (Phi) is 6.69. The fourth-order valence-electron chi connectivity index (χ4n) is 2.65. The van der Waals surface area contributed by atoms with Crippen molar-refractivity contribution in [3.05, 3.63) is 29.3 Å². The molecule has 0 bridgehead atoms. The van der Waals surface area contributed by atoms with Gasteiger partial charge in [0.1, 0.15) is 5.75 Å². The van der Waals surface area contributed by atoms with E-state index < -0.39 is 0 Å². The van der Waals surface area contributed by atoms with Crippen LogP contribution in [0.2, 0.25) is 0 Å². The summed E-state index contributed by atoms with van der Waals surface area (Å²) in [7, 11) is 0. The average Bonchev–Trinajstić information content (AvgIpc) is 2.44. The van der Waals surface area contributed by atoms with Gasteiger partial charge < -0.3 is 16.2 Å². The number of rotatable bonds is 7. The first-order chi connectivity index (χ1) is 9.83. The standard InChI is InChI=1S/C18H32N2O/c1-6-21-17-8-7-15(10-16(17)18(3,4)5)13(2)9-14(11-19)12-20/h7-8,10,13-14H,6,9,11-12,19-20H2,1-5H3. The van der Waals surface area contributed by atoms with E-state index in [0.717, 1.165) is 12.2 Å². The summed E-state index contributed by atoms with van der Waals surface area (Å²) in [5.74, 6) is 1.85. The molecule has 3 nitrogen and oxygen atoms in total. The summed E-state index contributed by atoms with van der Waals surface area (Å²) in [4.78, 5) is 0. The minimum Gasteiger partial charge on any atom is -0.494 e. The van der Waals surface area contributed by atoms with Gasteiger partial charge in [-0.3, -0.25) is 0 Å². The third-order valence-corrected chi connectivity index (χ3v) is 4.03. The highest BCUT2D eigenvalue weighted by atomic mass is 16.5. The smallest absolute Gasteiger partial charge is 0.123 e. The monoisotopic (exact) mass is 292 g/mol. The van der Waals surface area contributed by atoms with Crippen LogP contribution in [0.1, 0.15) is 58.1 Å². The second-order valence-corrected chi connectivity index (χ2v) is 6.91. The summed E-state index contributed by atoms with van der Waals surface area (Å²) >= 11 is 0. The van der Waals surface area contributed by atoms with E-state index in [1.54, 1.807) is 0 Å². The Morgan fingerprint density at radius 2 is 1.76 bits per heavy atom. The number of ether oxygens (including phenoxy) is 1. The van der Waals surface area contributed by atoms with Crippen molar-refractivity contribution in [2.75, 3.05) is 19.7 Å². The zero-order valence-corrected chi connectivity index (χ0v) is 14.3. The van der Waals surface area contributed by atoms with Crippen molar-refractivity contribution in [2.24, 2.45) is 17.4 Å². The lowest BCUT2D eigenvalue weighted by Gasteiger charge is -2.25. The summed E-state index contributed by atoms with van der Waals surface area (Å²) in [6, 6.07) is 6.57. The molecule has 0 aromatic heterocycles. The maximum absolute atomic E-state index is 5.78. The van der Waals surface area contributed by atoms with Gasteiger partial charge in [0.2, 0.25) is 0 Å². The quantitative estimate of drug-likeness (QED) is 0.809. The van der Waals surface area contributed by atoms with Gasteiger partial charge in [0.05, 0.1) is 6.61 Å². The first-order valence-corrected chi connectivity index (χ1v) is 8.00. The van der Waals surface area contributed by atoms with Crippen LogP contribution in [-0.4, -0.2) is 19.7 Å². The molecule has 1 rings (SSSR count). The molecule has 0 aliphatic heterocycles. The normalized spacial score (nSPS) is 13.5. The molecule has 0 fully saturated rings. The Hall–Kier alpha value is -1.06. The lowest BCUT2D eigenvalue weighted by molar-refractivity contribution is 0.329. The van der Waals surface area contributed by atoms with Crippen LogP contribution in [0.3, 0.4) is 0 Å². The second-order valence-electron chi connectivity index (χ2n) is 6.91. The molecule has 0 radical (unpaired) electrons. The number of hydrogen-bond acceptors (Lipinski definition) is 3. The Bertz CT molecular complexity index is 433. The topological polar surface area (TPSA) is 61.3 Å². The van der Waals surface area contributed by atoms with E-state index in [2.05, 4.69) is 45.9 Å². The summed E-state index contributed by atoms with van der Waals surface area (Å²) in [6.07, 6.45) is 1.03. The molecular weight excluding hydrogens is 260 g/mol. The summed E-state index contributed by atoms with van der Waals surface area (Å²) in [5.41, 5.74) is 14.2. The fourth-order valence-corrected chi connectivity index (χ4v) is 2.65. The molecule has 1 unspecified atom stereocenters. The number of hydrogen-bond donors (Lipinski definition) is 2. The molecule has 0 saturated carbocycles. The Labute approximate surface area is 130 Å². The van der Waals surface area contributed by atoms with E-state index >= 15 is 0 Å². The Morgan fingerprint density at radius 3 is 2.24 bits per heavy atom. The van der Waals surface area contributed by atoms with Gasteiger partial charge in [-0.1, -0.05) is 39.8 Å². The fraction of sp³-hybridized carbons (Fsp3) is 0.667. The van der Waals surface area contributed by atoms with E-state index in [4.69, 9.17) is 16.2 Å². The van der Waals surface area contributed by atoms with Crippen LogP contribution < -0.4 is 16.2 Å². The second kappa shape index (κ2) is 7.81. The zero-order valence-electron chi connectivity index (χ0n) is 14.3. The van der Waals surface area contributed by atoms with E-state index in [0.29, 0.717) is 31.5 Å². The van der Waals surface area contributed by atoms with E-state index in [1.807, 2.05) is 6.92 Å². The van der Waals surface area contributed by atoms with Crippen LogP contribution >= 0.6 is 0 Å². The molecule has 0 spiro atoms. The van der Waals surface area contributed by atoms with Crippen molar-refractivity contribution in [3.8, 4) is 5.75 Å². The van der Waals surface area contributed by atoms with Crippen molar-refractivity contribution in [1.29, 1.82) is 0 Å². The highest BCUT2D eigenvalue weighted by Gasteiger charge is 2.21. The van der Waals surface area contributed by atoms with Gasteiger partial charge in [-0.25, -0.2) is 0 Å². The summed E-state index contributed by atoms with van der Waals surface area (Å²) in [5, 5.41) is 0. The molecule has 120 valence electrons. The highest BCUT2D eigenvalue weighted by molar-refractivity contribution is 5.42. The number of benzene rings is 1. The Morgan fingerprint density at radius 1 is 1.14 bits per heavy atom. The number of nitrogens with two attached hydrogens (primary N) is 2. The zero-order chi connectivity index (χ0) is 16.0. The maximum atomic E-state index is 5.78. The van der Waals surface area contributed by atoms with Crippen molar-refractivity contribution in [3.63, 3.8) is 0 Å². The van der Waals surface area contributed by atoms with Crippen LogP contribution in [0.5, 0.6) is 5.75 Å². The highest BCUT2D eigenvalue weighted by Crippen LogP contribution is 2.35. The predicted molar refractivity (Wildman–Crippen MR) is 90.9 cm³/mol. The first-order valence-electron chi connectivity index (χ1n) is 8.00.